The van der Waals surface area contributed by atoms with Gasteiger partial charge in [0.15, 0.2) is 0 Å². The van der Waals surface area contributed by atoms with E-state index in [0.717, 1.165) is 5.56 Å². The van der Waals surface area contributed by atoms with Crippen molar-refractivity contribution in [3.05, 3.63) is 94.0 Å². The van der Waals surface area contributed by atoms with Crippen molar-refractivity contribution in [3.63, 3.8) is 0 Å². The Hall–Kier alpha value is -3.35. The van der Waals surface area contributed by atoms with E-state index in [9.17, 15) is 14.4 Å². The van der Waals surface area contributed by atoms with Gasteiger partial charge in [0.25, 0.3) is 5.91 Å². The molecule has 0 saturated carbocycles. The highest BCUT2D eigenvalue weighted by atomic mass is 35.5. The maximum atomic E-state index is 12.8. The van der Waals surface area contributed by atoms with Gasteiger partial charge in [0.2, 0.25) is 11.8 Å². The Morgan fingerprint density at radius 3 is 2.19 bits per heavy atom. The molecule has 0 aromatic heterocycles. The Morgan fingerprint density at radius 1 is 0.844 bits per heavy atom. The van der Waals surface area contributed by atoms with E-state index in [0.29, 0.717) is 27.0 Å². The molecule has 0 saturated heterocycles. The summed E-state index contributed by atoms with van der Waals surface area (Å²) in [6.07, 6.45) is -0.00866. The van der Waals surface area contributed by atoms with Gasteiger partial charge < -0.3 is 16.0 Å². The first kappa shape index (κ1) is 23.3. The minimum absolute atomic E-state index is 0.00866. The highest BCUT2D eigenvalue weighted by Crippen LogP contribution is 2.26. The summed E-state index contributed by atoms with van der Waals surface area (Å²) in [4.78, 5) is 36.7. The summed E-state index contributed by atoms with van der Waals surface area (Å²) in [6.45, 7) is 1.38. The molecule has 0 fully saturated rings. The lowest BCUT2D eigenvalue weighted by atomic mass is 10.0. The van der Waals surface area contributed by atoms with Crippen molar-refractivity contribution in [2.45, 2.75) is 19.4 Å². The number of hydrogen-bond donors (Lipinski definition) is 3. The smallest absolute Gasteiger partial charge is 0.253 e. The molecule has 0 aliphatic rings. The number of carbonyl (C=O) groups is 3. The molecule has 3 aromatic rings. The minimum atomic E-state index is -0.575. The van der Waals surface area contributed by atoms with E-state index < -0.39 is 6.04 Å². The fourth-order valence-electron chi connectivity index (χ4n) is 3.10. The second-order valence-corrected chi connectivity index (χ2v) is 7.86. The molecule has 3 aromatic carbocycles. The van der Waals surface area contributed by atoms with E-state index >= 15 is 0 Å². The predicted molar refractivity (Wildman–Crippen MR) is 127 cm³/mol. The van der Waals surface area contributed by atoms with Gasteiger partial charge >= 0.3 is 0 Å². The SMILES string of the molecule is CC(=O)Nc1ccc(NC(=O)CC(NC(=O)c2ccccc2Cl)c2ccccc2)cc1Cl. The Morgan fingerprint density at radius 2 is 1.53 bits per heavy atom. The Balaban J connectivity index is 1.74. The van der Waals surface area contributed by atoms with E-state index in [4.69, 9.17) is 23.2 Å². The van der Waals surface area contributed by atoms with Gasteiger partial charge in [-0.2, -0.15) is 0 Å². The molecule has 1 atom stereocenters. The second kappa shape index (κ2) is 10.8. The van der Waals surface area contributed by atoms with Crippen LogP contribution in [0.4, 0.5) is 11.4 Å². The first-order valence-electron chi connectivity index (χ1n) is 9.81. The molecular weight excluding hydrogens is 449 g/mol. The average Bonchev–Trinajstić information content (AvgIpc) is 2.76. The molecule has 3 rings (SSSR count). The van der Waals surface area contributed by atoms with Crippen LogP contribution in [0.1, 0.15) is 35.3 Å². The quantitative estimate of drug-likeness (QED) is 0.429. The molecular formula is C24H21Cl2N3O3. The van der Waals surface area contributed by atoms with Gasteiger partial charge in [-0.25, -0.2) is 0 Å². The fourth-order valence-corrected chi connectivity index (χ4v) is 3.55. The van der Waals surface area contributed by atoms with Gasteiger partial charge in [0.05, 0.1) is 33.8 Å². The summed E-state index contributed by atoms with van der Waals surface area (Å²) < 4.78 is 0. The molecule has 8 heteroatoms. The summed E-state index contributed by atoms with van der Waals surface area (Å²) in [5.41, 5.74) is 2.03. The first-order valence-corrected chi connectivity index (χ1v) is 10.6. The molecule has 0 aliphatic heterocycles. The molecule has 0 bridgehead atoms. The lowest BCUT2D eigenvalue weighted by Gasteiger charge is -2.19. The van der Waals surface area contributed by atoms with Crippen LogP contribution in [-0.2, 0) is 9.59 Å². The molecule has 0 spiro atoms. The molecule has 1 unspecified atom stereocenters. The lowest BCUT2D eigenvalue weighted by molar-refractivity contribution is -0.116. The van der Waals surface area contributed by atoms with Crippen molar-refractivity contribution in [1.82, 2.24) is 5.32 Å². The number of amides is 3. The third-order valence-corrected chi connectivity index (χ3v) is 5.22. The van der Waals surface area contributed by atoms with Crippen LogP contribution in [0.3, 0.4) is 0 Å². The van der Waals surface area contributed by atoms with Crippen LogP contribution >= 0.6 is 23.2 Å². The van der Waals surface area contributed by atoms with Gasteiger partial charge in [-0.1, -0.05) is 65.7 Å². The fraction of sp³-hybridized carbons (Fsp3) is 0.125. The number of benzene rings is 3. The normalized spacial score (nSPS) is 11.3. The maximum absolute atomic E-state index is 12.8. The van der Waals surface area contributed by atoms with Crippen LogP contribution in [0, 0.1) is 0 Å². The van der Waals surface area contributed by atoms with Crippen LogP contribution in [-0.4, -0.2) is 17.7 Å². The van der Waals surface area contributed by atoms with E-state index in [1.807, 2.05) is 30.3 Å². The second-order valence-electron chi connectivity index (χ2n) is 7.04. The topological polar surface area (TPSA) is 87.3 Å². The monoisotopic (exact) mass is 469 g/mol. The highest BCUT2D eigenvalue weighted by molar-refractivity contribution is 6.34. The molecule has 0 radical (unpaired) electrons. The predicted octanol–water partition coefficient (Wildman–Crippen LogP) is 5.45. The zero-order valence-corrected chi connectivity index (χ0v) is 18.7. The number of anilines is 2. The van der Waals surface area contributed by atoms with Gasteiger partial charge in [-0.3, -0.25) is 14.4 Å². The molecule has 0 heterocycles. The summed E-state index contributed by atoms with van der Waals surface area (Å²) in [5, 5.41) is 8.90. The zero-order valence-electron chi connectivity index (χ0n) is 17.2. The molecule has 164 valence electrons. The van der Waals surface area contributed by atoms with E-state index in [2.05, 4.69) is 16.0 Å². The van der Waals surface area contributed by atoms with E-state index in [-0.39, 0.29) is 24.1 Å². The minimum Gasteiger partial charge on any atom is -0.345 e. The average molecular weight is 470 g/mol. The van der Waals surface area contributed by atoms with Crippen LogP contribution in [0.5, 0.6) is 0 Å². The van der Waals surface area contributed by atoms with Crippen molar-refractivity contribution in [1.29, 1.82) is 0 Å². The van der Waals surface area contributed by atoms with Crippen molar-refractivity contribution in [2.24, 2.45) is 0 Å². The third kappa shape index (κ3) is 6.33. The maximum Gasteiger partial charge on any atom is 0.253 e. The first-order chi connectivity index (χ1) is 15.3. The van der Waals surface area contributed by atoms with Crippen LogP contribution < -0.4 is 16.0 Å². The van der Waals surface area contributed by atoms with Crippen LogP contribution in [0.2, 0.25) is 10.0 Å². The largest absolute Gasteiger partial charge is 0.345 e. The standard InChI is InChI=1S/C24H21Cl2N3O3/c1-15(30)27-21-12-11-17(13-20(21)26)28-23(31)14-22(16-7-3-2-4-8-16)29-24(32)18-9-5-6-10-19(18)25/h2-13,22H,14H2,1H3,(H,27,30)(H,28,31)(H,29,32). The number of nitrogens with one attached hydrogen (secondary N) is 3. The lowest BCUT2D eigenvalue weighted by Crippen LogP contribution is -2.31. The number of rotatable bonds is 7. The molecule has 0 aliphatic carbocycles. The van der Waals surface area contributed by atoms with Gasteiger partial charge in [-0.05, 0) is 35.9 Å². The van der Waals surface area contributed by atoms with E-state index in [1.54, 1.807) is 42.5 Å². The van der Waals surface area contributed by atoms with Crippen LogP contribution in [0.15, 0.2) is 72.8 Å². The third-order valence-electron chi connectivity index (χ3n) is 4.58. The number of carbonyl (C=O) groups excluding carboxylic acids is 3. The molecule has 3 N–H and O–H groups in total. The summed E-state index contributed by atoms with van der Waals surface area (Å²) >= 11 is 12.3. The van der Waals surface area contributed by atoms with Gasteiger partial charge in [0.1, 0.15) is 0 Å². The Labute approximate surface area is 195 Å². The Bertz CT molecular complexity index is 1140. The summed E-state index contributed by atoms with van der Waals surface area (Å²) in [6, 6.07) is 20.1. The van der Waals surface area contributed by atoms with Crippen molar-refractivity contribution in [3.8, 4) is 0 Å². The Kier molecular flexibility index (Phi) is 7.87. The molecule has 6 nitrogen and oxygen atoms in total. The summed E-state index contributed by atoms with van der Waals surface area (Å²) in [7, 11) is 0. The van der Waals surface area contributed by atoms with E-state index in [1.165, 1.54) is 6.92 Å². The highest BCUT2D eigenvalue weighted by Gasteiger charge is 2.20. The van der Waals surface area contributed by atoms with Gasteiger partial charge in [-0.15, -0.1) is 0 Å². The summed E-state index contributed by atoms with van der Waals surface area (Å²) in [5.74, 6) is -0.940. The van der Waals surface area contributed by atoms with Crippen molar-refractivity contribution >= 4 is 52.3 Å². The number of hydrogen-bond acceptors (Lipinski definition) is 3. The zero-order chi connectivity index (χ0) is 23.1. The molecule has 3 amide bonds. The van der Waals surface area contributed by atoms with Crippen molar-refractivity contribution < 1.29 is 14.4 Å². The molecule has 32 heavy (non-hydrogen) atoms. The van der Waals surface area contributed by atoms with Crippen molar-refractivity contribution in [2.75, 3.05) is 10.6 Å². The van der Waals surface area contributed by atoms with Gasteiger partial charge in [0, 0.05) is 12.6 Å². The van der Waals surface area contributed by atoms with Crippen LogP contribution in [0.25, 0.3) is 0 Å². The number of halogens is 2.